The van der Waals surface area contributed by atoms with Crippen molar-refractivity contribution in [3.63, 3.8) is 0 Å². The minimum Gasteiger partial charge on any atom is -0.393 e. The summed E-state index contributed by atoms with van der Waals surface area (Å²) >= 11 is 0. The van der Waals surface area contributed by atoms with Gasteiger partial charge in [0.15, 0.2) is 0 Å². The van der Waals surface area contributed by atoms with Gasteiger partial charge in [-0.25, -0.2) is 4.79 Å². The van der Waals surface area contributed by atoms with Crippen molar-refractivity contribution in [2.75, 3.05) is 13.6 Å². The molecule has 25 heavy (non-hydrogen) atoms. The van der Waals surface area contributed by atoms with Crippen LogP contribution in [-0.4, -0.2) is 41.8 Å². The van der Waals surface area contributed by atoms with Crippen LogP contribution in [0, 0.1) is 0 Å². The van der Waals surface area contributed by atoms with E-state index in [2.05, 4.69) is 40.8 Å². The molecule has 5 nitrogen and oxygen atoms in total. The second-order valence-electron chi connectivity index (χ2n) is 7.22. The highest BCUT2D eigenvalue weighted by molar-refractivity contribution is 5.73. The van der Waals surface area contributed by atoms with E-state index >= 15 is 0 Å². The lowest BCUT2D eigenvalue weighted by Crippen LogP contribution is -2.37. The normalized spacial score (nSPS) is 16.6. The van der Waals surface area contributed by atoms with Gasteiger partial charge in [-0.1, -0.05) is 43.5 Å². The number of benzene rings is 1. The molecular weight excluding hydrogens is 314 g/mol. The zero-order chi connectivity index (χ0) is 18.1. The molecule has 5 heteroatoms. The first-order valence-corrected chi connectivity index (χ1v) is 9.53. The van der Waals surface area contributed by atoms with Gasteiger partial charge in [0.2, 0.25) is 0 Å². The van der Waals surface area contributed by atoms with Crippen LogP contribution in [0.2, 0.25) is 0 Å². The molecule has 1 atom stereocenters. The number of carbonyl (C=O) groups is 1. The number of aliphatic hydroxyl groups excluding tert-OH is 1. The van der Waals surface area contributed by atoms with Crippen molar-refractivity contribution in [2.24, 2.45) is 0 Å². The molecule has 1 aromatic carbocycles. The lowest BCUT2D eigenvalue weighted by Gasteiger charge is -2.31. The van der Waals surface area contributed by atoms with E-state index < -0.39 is 6.10 Å². The summed E-state index contributed by atoms with van der Waals surface area (Å²) < 4.78 is 0. The van der Waals surface area contributed by atoms with Gasteiger partial charge in [-0.2, -0.15) is 0 Å². The van der Waals surface area contributed by atoms with Gasteiger partial charge in [-0.15, -0.1) is 0 Å². The number of aliphatic hydroxyl groups is 1. The van der Waals surface area contributed by atoms with Gasteiger partial charge in [0.1, 0.15) is 0 Å². The van der Waals surface area contributed by atoms with Crippen molar-refractivity contribution in [1.82, 2.24) is 15.5 Å². The van der Waals surface area contributed by atoms with E-state index in [1.165, 1.54) is 37.7 Å². The molecule has 0 radical (unpaired) electrons. The molecule has 0 spiro atoms. The van der Waals surface area contributed by atoms with E-state index in [9.17, 15) is 9.90 Å². The minimum atomic E-state index is -0.392. The summed E-state index contributed by atoms with van der Waals surface area (Å²) in [5.41, 5.74) is 2.44. The smallest absolute Gasteiger partial charge is 0.315 e. The molecule has 1 saturated carbocycles. The number of urea groups is 1. The molecule has 1 aliphatic rings. The van der Waals surface area contributed by atoms with E-state index in [1.807, 2.05) is 6.07 Å². The summed E-state index contributed by atoms with van der Waals surface area (Å²) in [6.45, 7) is 3.65. The Labute approximate surface area is 151 Å². The summed E-state index contributed by atoms with van der Waals surface area (Å²) in [4.78, 5) is 14.3. The Hall–Kier alpha value is -1.59. The maximum Gasteiger partial charge on any atom is 0.315 e. The molecule has 0 heterocycles. The summed E-state index contributed by atoms with van der Waals surface area (Å²) in [5.74, 6) is 0. The highest BCUT2D eigenvalue weighted by Gasteiger charge is 2.18. The molecule has 1 unspecified atom stereocenters. The number of hydrogen-bond donors (Lipinski definition) is 3. The molecule has 2 rings (SSSR count). The Morgan fingerprint density at radius 1 is 1.20 bits per heavy atom. The third-order valence-electron chi connectivity index (χ3n) is 5.02. The van der Waals surface area contributed by atoms with Crippen molar-refractivity contribution >= 4 is 6.03 Å². The molecule has 2 amide bonds. The molecule has 1 aliphatic carbocycles. The number of nitrogens with zero attached hydrogens (tertiary/aromatic N) is 1. The van der Waals surface area contributed by atoms with Crippen molar-refractivity contribution in [2.45, 2.75) is 70.7 Å². The second kappa shape index (κ2) is 10.4. The van der Waals surface area contributed by atoms with Gasteiger partial charge in [0, 0.05) is 25.7 Å². The summed E-state index contributed by atoms with van der Waals surface area (Å²) in [5, 5.41) is 14.9. The fourth-order valence-corrected chi connectivity index (χ4v) is 3.44. The first-order valence-electron chi connectivity index (χ1n) is 9.53. The molecular formula is C20H33N3O2. The molecule has 0 saturated heterocycles. The van der Waals surface area contributed by atoms with Crippen molar-refractivity contribution in [1.29, 1.82) is 0 Å². The van der Waals surface area contributed by atoms with Gasteiger partial charge in [0.05, 0.1) is 6.10 Å². The Kier molecular flexibility index (Phi) is 8.22. The lowest BCUT2D eigenvalue weighted by atomic mass is 9.94. The van der Waals surface area contributed by atoms with Gasteiger partial charge < -0.3 is 15.7 Å². The lowest BCUT2D eigenvalue weighted by molar-refractivity contribution is 0.183. The van der Waals surface area contributed by atoms with Crippen LogP contribution < -0.4 is 10.6 Å². The summed E-state index contributed by atoms with van der Waals surface area (Å²) in [6.07, 6.45) is 6.81. The Bertz CT molecular complexity index is 527. The zero-order valence-electron chi connectivity index (χ0n) is 15.6. The highest BCUT2D eigenvalue weighted by Crippen LogP contribution is 2.23. The molecule has 0 aromatic heterocycles. The maximum absolute atomic E-state index is 11.9. The van der Waals surface area contributed by atoms with Crippen LogP contribution >= 0.6 is 0 Å². The number of nitrogens with one attached hydrogen (secondary N) is 2. The van der Waals surface area contributed by atoms with Crippen molar-refractivity contribution in [3.8, 4) is 0 Å². The van der Waals surface area contributed by atoms with E-state index in [-0.39, 0.29) is 6.03 Å². The van der Waals surface area contributed by atoms with Crippen LogP contribution in [0.3, 0.4) is 0 Å². The van der Waals surface area contributed by atoms with Crippen LogP contribution in [0.5, 0.6) is 0 Å². The fourth-order valence-electron chi connectivity index (χ4n) is 3.44. The first-order chi connectivity index (χ1) is 12.1. The Balaban J connectivity index is 1.83. The van der Waals surface area contributed by atoms with E-state index in [0.717, 1.165) is 12.1 Å². The van der Waals surface area contributed by atoms with Crippen LogP contribution in [0.1, 0.15) is 56.6 Å². The standard InChI is InChI=1S/C20H33N3O2/c1-16(24)12-13-21-20(25)22-14-17-8-6-7-9-18(17)15-23(2)19-10-4-3-5-11-19/h6-9,16,19,24H,3-5,10-15H2,1-2H3,(H2,21,22,25). The van der Waals surface area contributed by atoms with Gasteiger partial charge >= 0.3 is 6.03 Å². The largest absolute Gasteiger partial charge is 0.393 e. The molecule has 1 fully saturated rings. The second-order valence-corrected chi connectivity index (χ2v) is 7.22. The number of amides is 2. The van der Waals surface area contributed by atoms with E-state index in [0.29, 0.717) is 25.6 Å². The molecule has 3 N–H and O–H groups in total. The summed E-state index contributed by atoms with van der Waals surface area (Å²) in [6, 6.07) is 8.82. The number of rotatable bonds is 8. The van der Waals surface area contributed by atoms with Crippen molar-refractivity contribution in [3.05, 3.63) is 35.4 Å². The third kappa shape index (κ3) is 7.04. The molecule has 0 bridgehead atoms. The minimum absolute atomic E-state index is 0.184. The number of carbonyl (C=O) groups excluding carboxylic acids is 1. The molecule has 0 aliphatic heterocycles. The van der Waals surface area contributed by atoms with Gasteiger partial charge in [0.25, 0.3) is 0 Å². The molecule has 140 valence electrons. The third-order valence-corrected chi connectivity index (χ3v) is 5.02. The maximum atomic E-state index is 11.9. The van der Waals surface area contributed by atoms with E-state index in [1.54, 1.807) is 6.92 Å². The Morgan fingerprint density at radius 2 is 1.88 bits per heavy atom. The van der Waals surface area contributed by atoms with Crippen molar-refractivity contribution < 1.29 is 9.90 Å². The van der Waals surface area contributed by atoms with Gasteiger partial charge in [-0.05, 0) is 44.4 Å². The topological polar surface area (TPSA) is 64.6 Å². The van der Waals surface area contributed by atoms with Crippen LogP contribution in [0.25, 0.3) is 0 Å². The first kappa shape index (κ1) is 19.7. The quantitative estimate of drug-likeness (QED) is 0.677. The summed E-state index contributed by atoms with van der Waals surface area (Å²) in [7, 11) is 2.21. The predicted molar refractivity (Wildman–Crippen MR) is 101 cm³/mol. The highest BCUT2D eigenvalue weighted by atomic mass is 16.3. The Morgan fingerprint density at radius 3 is 2.56 bits per heavy atom. The molecule has 1 aromatic rings. The van der Waals surface area contributed by atoms with Crippen LogP contribution in [0.4, 0.5) is 4.79 Å². The number of hydrogen-bond acceptors (Lipinski definition) is 3. The van der Waals surface area contributed by atoms with Crippen LogP contribution in [0.15, 0.2) is 24.3 Å². The predicted octanol–water partition coefficient (Wildman–Crippen LogP) is 3.02. The van der Waals surface area contributed by atoms with E-state index in [4.69, 9.17) is 0 Å². The average Bonchev–Trinajstić information content (AvgIpc) is 2.61. The average molecular weight is 348 g/mol. The zero-order valence-corrected chi connectivity index (χ0v) is 15.6. The monoisotopic (exact) mass is 347 g/mol. The van der Waals surface area contributed by atoms with Gasteiger partial charge in [-0.3, -0.25) is 4.90 Å². The SMILES string of the molecule is CC(O)CCNC(=O)NCc1ccccc1CN(C)C1CCCCC1. The fraction of sp³-hybridized carbons (Fsp3) is 0.650. The van der Waals surface area contributed by atoms with Crippen LogP contribution in [-0.2, 0) is 13.1 Å².